The Morgan fingerprint density at radius 3 is 3.00 bits per heavy atom. The monoisotopic (exact) mass is 205 g/mol. The number of nitrogen functional groups attached to an aromatic ring is 1. The van der Waals surface area contributed by atoms with Gasteiger partial charge in [-0.25, -0.2) is 0 Å². The van der Waals surface area contributed by atoms with Crippen LogP contribution in [-0.2, 0) is 4.79 Å². The number of aromatic nitrogens is 1. The molecule has 0 unspecified atom stereocenters. The quantitative estimate of drug-likeness (QED) is 0.717. The van der Waals surface area contributed by atoms with E-state index in [0.717, 1.165) is 24.4 Å². The molecule has 0 bridgehead atoms. The van der Waals surface area contributed by atoms with E-state index in [-0.39, 0.29) is 11.8 Å². The van der Waals surface area contributed by atoms with Crippen molar-refractivity contribution >= 4 is 11.6 Å². The summed E-state index contributed by atoms with van der Waals surface area (Å²) in [5, 5.41) is 2.82. The molecule has 1 aliphatic heterocycles. The number of hydrogen-bond acceptors (Lipinski definition) is 3. The second-order valence-corrected chi connectivity index (χ2v) is 3.95. The highest BCUT2D eigenvalue weighted by molar-refractivity contribution is 5.77. The number of aryl methyl sites for hydroxylation is 1. The van der Waals surface area contributed by atoms with Crippen LogP contribution in [0.3, 0.4) is 0 Å². The van der Waals surface area contributed by atoms with Gasteiger partial charge in [0.05, 0.1) is 11.4 Å². The molecule has 80 valence electrons. The minimum absolute atomic E-state index is 0.113. The standard InChI is InChI=1S/C11H15N3O/c1-7-9(12)2-3-10(14-7)8-4-5-13-11(15)6-8/h2-3,8H,4-6,12H2,1H3,(H,13,15)/t8-/m1/s1. The molecule has 0 saturated carbocycles. The Labute approximate surface area is 88.9 Å². The van der Waals surface area contributed by atoms with Crippen molar-refractivity contribution in [2.75, 3.05) is 12.3 Å². The second kappa shape index (κ2) is 3.88. The van der Waals surface area contributed by atoms with Gasteiger partial charge in [-0.1, -0.05) is 0 Å². The molecule has 0 aliphatic carbocycles. The van der Waals surface area contributed by atoms with Crippen molar-refractivity contribution in [3.8, 4) is 0 Å². The van der Waals surface area contributed by atoms with Crippen molar-refractivity contribution in [1.29, 1.82) is 0 Å². The Bertz CT molecular complexity index is 389. The van der Waals surface area contributed by atoms with Crippen LogP contribution in [0.4, 0.5) is 5.69 Å². The molecule has 1 aromatic heterocycles. The third kappa shape index (κ3) is 2.09. The Balaban J connectivity index is 2.21. The van der Waals surface area contributed by atoms with Gasteiger partial charge in [-0.05, 0) is 25.5 Å². The summed E-state index contributed by atoms with van der Waals surface area (Å²) in [7, 11) is 0. The third-order valence-electron chi connectivity index (χ3n) is 2.81. The number of amides is 1. The van der Waals surface area contributed by atoms with E-state index in [9.17, 15) is 4.79 Å². The topological polar surface area (TPSA) is 68.0 Å². The number of piperidine rings is 1. The largest absolute Gasteiger partial charge is 0.397 e. The number of carbonyl (C=O) groups is 1. The number of carbonyl (C=O) groups excluding carboxylic acids is 1. The van der Waals surface area contributed by atoms with Crippen molar-refractivity contribution in [1.82, 2.24) is 10.3 Å². The van der Waals surface area contributed by atoms with Gasteiger partial charge in [0, 0.05) is 24.6 Å². The fraction of sp³-hybridized carbons (Fsp3) is 0.455. The third-order valence-corrected chi connectivity index (χ3v) is 2.81. The molecule has 0 aromatic carbocycles. The molecule has 1 aromatic rings. The molecule has 15 heavy (non-hydrogen) atoms. The molecule has 4 nitrogen and oxygen atoms in total. The van der Waals surface area contributed by atoms with Gasteiger partial charge in [-0.3, -0.25) is 9.78 Å². The maximum atomic E-state index is 11.2. The molecule has 0 spiro atoms. The van der Waals surface area contributed by atoms with Crippen molar-refractivity contribution in [3.05, 3.63) is 23.5 Å². The molecule has 2 heterocycles. The van der Waals surface area contributed by atoms with Crippen molar-refractivity contribution < 1.29 is 4.79 Å². The van der Waals surface area contributed by atoms with Crippen LogP contribution in [0.5, 0.6) is 0 Å². The number of pyridine rings is 1. The predicted octanol–water partition coefficient (Wildman–Crippen LogP) is 0.966. The molecule has 2 rings (SSSR count). The Morgan fingerprint density at radius 1 is 1.53 bits per heavy atom. The normalized spacial score (nSPS) is 21.1. The van der Waals surface area contributed by atoms with E-state index >= 15 is 0 Å². The van der Waals surface area contributed by atoms with E-state index in [1.807, 2.05) is 19.1 Å². The minimum atomic E-state index is 0.113. The Kier molecular flexibility index (Phi) is 2.58. The average Bonchev–Trinajstić information content (AvgIpc) is 2.22. The van der Waals surface area contributed by atoms with Gasteiger partial charge < -0.3 is 11.1 Å². The van der Waals surface area contributed by atoms with Crippen LogP contribution in [-0.4, -0.2) is 17.4 Å². The first-order valence-corrected chi connectivity index (χ1v) is 5.16. The Hall–Kier alpha value is -1.58. The van der Waals surface area contributed by atoms with E-state index in [4.69, 9.17) is 5.73 Å². The molecule has 4 heteroatoms. The first-order valence-electron chi connectivity index (χ1n) is 5.16. The fourth-order valence-electron chi connectivity index (χ4n) is 1.85. The van der Waals surface area contributed by atoms with E-state index < -0.39 is 0 Å². The minimum Gasteiger partial charge on any atom is -0.397 e. The van der Waals surface area contributed by atoms with Crippen LogP contribution in [0, 0.1) is 6.92 Å². The first-order chi connectivity index (χ1) is 7.16. The van der Waals surface area contributed by atoms with Gasteiger partial charge in [0.15, 0.2) is 0 Å². The summed E-state index contributed by atoms with van der Waals surface area (Å²) >= 11 is 0. The van der Waals surface area contributed by atoms with E-state index in [1.165, 1.54) is 0 Å². The van der Waals surface area contributed by atoms with Gasteiger partial charge in [0.25, 0.3) is 0 Å². The molecular formula is C11H15N3O. The second-order valence-electron chi connectivity index (χ2n) is 3.95. The highest BCUT2D eigenvalue weighted by Crippen LogP contribution is 2.25. The van der Waals surface area contributed by atoms with Crippen molar-refractivity contribution in [3.63, 3.8) is 0 Å². The zero-order valence-electron chi connectivity index (χ0n) is 8.79. The maximum absolute atomic E-state index is 11.2. The molecule has 1 atom stereocenters. The van der Waals surface area contributed by atoms with Gasteiger partial charge in [0.1, 0.15) is 0 Å². The van der Waals surface area contributed by atoms with E-state index in [0.29, 0.717) is 12.1 Å². The van der Waals surface area contributed by atoms with Crippen LogP contribution in [0.1, 0.15) is 30.1 Å². The van der Waals surface area contributed by atoms with Crippen molar-refractivity contribution in [2.45, 2.75) is 25.7 Å². The van der Waals surface area contributed by atoms with Crippen LogP contribution in [0.25, 0.3) is 0 Å². The molecule has 1 fully saturated rings. The zero-order valence-corrected chi connectivity index (χ0v) is 8.79. The number of rotatable bonds is 1. The summed E-state index contributed by atoms with van der Waals surface area (Å²) in [6.07, 6.45) is 1.50. The number of nitrogens with two attached hydrogens (primary N) is 1. The van der Waals surface area contributed by atoms with Crippen LogP contribution < -0.4 is 11.1 Å². The lowest BCUT2D eigenvalue weighted by Gasteiger charge is -2.21. The summed E-state index contributed by atoms with van der Waals surface area (Å²) < 4.78 is 0. The van der Waals surface area contributed by atoms with Crippen molar-refractivity contribution in [2.24, 2.45) is 0 Å². The van der Waals surface area contributed by atoms with E-state index in [1.54, 1.807) is 0 Å². The Morgan fingerprint density at radius 2 is 2.33 bits per heavy atom. The van der Waals surface area contributed by atoms with E-state index in [2.05, 4.69) is 10.3 Å². The number of anilines is 1. The summed E-state index contributed by atoms with van der Waals surface area (Å²) in [6.45, 7) is 2.64. The summed E-state index contributed by atoms with van der Waals surface area (Å²) in [5.74, 6) is 0.362. The summed E-state index contributed by atoms with van der Waals surface area (Å²) in [4.78, 5) is 15.7. The molecule has 3 N–H and O–H groups in total. The molecule has 0 radical (unpaired) electrons. The number of nitrogens with zero attached hydrogens (tertiary/aromatic N) is 1. The molecular weight excluding hydrogens is 190 g/mol. The maximum Gasteiger partial charge on any atom is 0.220 e. The van der Waals surface area contributed by atoms with Gasteiger partial charge >= 0.3 is 0 Å². The highest BCUT2D eigenvalue weighted by atomic mass is 16.1. The van der Waals surface area contributed by atoms with Gasteiger partial charge in [-0.15, -0.1) is 0 Å². The predicted molar refractivity (Wildman–Crippen MR) is 58.4 cm³/mol. The lowest BCUT2D eigenvalue weighted by atomic mass is 9.93. The van der Waals surface area contributed by atoms with Gasteiger partial charge in [-0.2, -0.15) is 0 Å². The SMILES string of the molecule is Cc1nc([C@@H]2CCNC(=O)C2)ccc1N. The molecule has 1 aliphatic rings. The average molecular weight is 205 g/mol. The first kappa shape index (κ1) is 9.96. The zero-order chi connectivity index (χ0) is 10.8. The lowest BCUT2D eigenvalue weighted by Crippen LogP contribution is -2.32. The summed E-state index contributed by atoms with van der Waals surface area (Å²) in [6, 6.07) is 3.79. The van der Waals surface area contributed by atoms with Crippen LogP contribution in [0.15, 0.2) is 12.1 Å². The lowest BCUT2D eigenvalue weighted by molar-refractivity contribution is -0.122. The smallest absolute Gasteiger partial charge is 0.220 e. The van der Waals surface area contributed by atoms with Crippen LogP contribution >= 0.6 is 0 Å². The fourth-order valence-corrected chi connectivity index (χ4v) is 1.85. The molecule has 1 amide bonds. The highest BCUT2D eigenvalue weighted by Gasteiger charge is 2.21. The summed E-state index contributed by atoms with van der Waals surface area (Å²) in [5.41, 5.74) is 8.24. The van der Waals surface area contributed by atoms with Crippen LogP contribution in [0.2, 0.25) is 0 Å². The van der Waals surface area contributed by atoms with Gasteiger partial charge in [0.2, 0.25) is 5.91 Å². The molecule has 1 saturated heterocycles. The number of nitrogens with one attached hydrogen (secondary N) is 1. The number of hydrogen-bond donors (Lipinski definition) is 2.